The Morgan fingerprint density at radius 2 is 0.506 bits per heavy atom. The molecule has 77 heavy (non-hydrogen) atoms. The number of aryl methyl sites for hydroxylation is 4. The molecule has 1 unspecified atom stereocenters. The summed E-state index contributed by atoms with van der Waals surface area (Å²) < 4.78 is 29.2. The van der Waals surface area contributed by atoms with Gasteiger partial charge in [-0.3, -0.25) is 0 Å². The molecule has 0 heterocycles. The van der Waals surface area contributed by atoms with Crippen molar-refractivity contribution in [1.82, 2.24) is 0 Å². The highest BCUT2D eigenvalue weighted by Crippen LogP contribution is 2.51. The van der Waals surface area contributed by atoms with Crippen LogP contribution in [0.25, 0.3) is 11.1 Å². The Kier molecular flexibility index (Phi) is 17.7. The molecule has 0 saturated heterocycles. The highest BCUT2D eigenvalue weighted by molar-refractivity contribution is 7.57. The topological polar surface area (TPSA) is 36.9 Å². The lowest BCUT2D eigenvalue weighted by Crippen LogP contribution is -2.21. The number of hydrogen-bond acceptors (Lipinski definition) is 4. The van der Waals surface area contributed by atoms with Gasteiger partial charge in [0.1, 0.15) is 23.0 Å². The molecule has 6 aromatic carbocycles. The van der Waals surface area contributed by atoms with Crippen molar-refractivity contribution in [2.75, 3.05) is 0 Å². The van der Waals surface area contributed by atoms with Crippen molar-refractivity contribution in [3.8, 4) is 34.1 Å². The van der Waals surface area contributed by atoms with Crippen LogP contribution in [0.15, 0.2) is 97.1 Å². The largest absolute Gasteiger partial charge is 0.435 e. The van der Waals surface area contributed by atoms with E-state index in [1.165, 1.54) is 66.8 Å². The Bertz CT molecular complexity index is 2970. The van der Waals surface area contributed by atoms with E-state index >= 15 is 0 Å². The molecule has 0 spiro atoms. The predicted octanol–water partition coefficient (Wildman–Crippen LogP) is 21.0. The van der Waals surface area contributed by atoms with E-state index in [4.69, 9.17) is 18.1 Å². The van der Waals surface area contributed by atoms with E-state index < -0.39 is 16.8 Å². The highest BCUT2D eigenvalue weighted by Gasteiger charge is 2.33. The van der Waals surface area contributed by atoms with Gasteiger partial charge in [-0.25, -0.2) is 0 Å². The van der Waals surface area contributed by atoms with E-state index in [0.717, 1.165) is 44.7 Å². The summed E-state index contributed by atoms with van der Waals surface area (Å²) in [7, 11) is -3.28. The fourth-order valence-corrected chi connectivity index (χ4v) is 13.3. The third-order valence-electron chi connectivity index (χ3n) is 14.8. The Morgan fingerprint density at radius 1 is 0.286 bits per heavy atom. The van der Waals surface area contributed by atoms with Crippen molar-refractivity contribution >= 4 is 27.4 Å². The summed E-state index contributed by atoms with van der Waals surface area (Å²) in [6, 6.07) is 36.1. The van der Waals surface area contributed by atoms with Gasteiger partial charge in [0.25, 0.3) is 0 Å². The average Bonchev–Trinajstić information content (AvgIpc) is 3.25. The van der Waals surface area contributed by atoms with Crippen LogP contribution in [-0.4, -0.2) is 0 Å². The SMILES string of the molecule is Cc1cc(OP(Oc2cc(C)c(C(C)(C)C)cc2C(C)(C)C)c2ccc(-c3ccc(P(Oc4cc(C)c(C(C)(C)C)cc4C(C)(C)C)Oc4cc(C)c(C(C)(C)C)cc4C(C)(C)C)cc3)cc2)c(C(C)C)cc1C(C)(C)C. The van der Waals surface area contributed by atoms with Gasteiger partial charge in [0, 0.05) is 16.7 Å². The lowest BCUT2D eigenvalue weighted by atomic mass is 9.78. The molecule has 0 amide bonds. The first-order valence-electron chi connectivity index (χ1n) is 28.2. The lowest BCUT2D eigenvalue weighted by Gasteiger charge is -2.32. The smallest absolute Gasteiger partial charge is 0.326 e. The molecule has 0 aliphatic heterocycles. The fourth-order valence-electron chi connectivity index (χ4n) is 10.6. The Morgan fingerprint density at radius 3 is 0.740 bits per heavy atom. The Balaban J connectivity index is 1.47. The molecule has 0 bridgehead atoms. The van der Waals surface area contributed by atoms with Gasteiger partial charge >= 0.3 is 16.8 Å². The second kappa shape index (κ2) is 22.1. The molecule has 6 heteroatoms. The summed E-state index contributed by atoms with van der Waals surface area (Å²) in [6.45, 7) is 61.3. The predicted molar refractivity (Wildman–Crippen MR) is 337 cm³/mol. The molecular weight excluding hydrogens is 979 g/mol. The molecule has 0 aliphatic rings. The lowest BCUT2D eigenvalue weighted by molar-refractivity contribution is 0.465. The summed E-state index contributed by atoms with van der Waals surface area (Å²) in [5.74, 6) is 3.73. The molecule has 1 atom stereocenters. The van der Waals surface area contributed by atoms with Gasteiger partial charge in [-0.15, -0.1) is 0 Å². The van der Waals surface area contributed by atoms with Crippen molar-refractivity contribution in [3.05, 3.63) is 164 Å². The van der Waals surface area contributed by atoms with Crippen LogP contribution >= 0.6 is 16.8 Å². The maximum absolute atomic E-state index is 7.33. The van der Waals surface area contributed by atoms with Crippen molar-refractivity contribution in [1.29, 1.82) is 0 Å². The van der Waals surface area contributed by atoms with Gasteiger partial charge < -0.3 is 18.1 Å². The zero-order valence-electron chi connectivity index (χ0n) is 52.8. The molecule has 0 aliphatic carbocycles. The molecule has 6 rings (SSSR count). The summed E-state index contributed by atoms with van der Waals surface area (Å²) >= 11 is 0. The van der Waals surface area contributed by atoms with Crippen LogP contribution in [0.5, 0.6) is 23.0 Å². The molecule has 0 fully saturated rings. The van der Waals surface area contributed by atoms with E-state index in [1.54, 1.807) is 0 Å². The zero-order chi connectivity index (χ0) is 57.9. The molecule has 0 aromatic heterocycles. The first kappa shape index (κ1) is 61.6. The standard InChI is InChI=1S/C71H98O4P2/c1-44(2)53-40-54(65(7,8)9)45(3)36-61(53)72-76(73-62-37-46(4)55(66(10,11)12)41-58(62)69(19,20)21)51-32-28-49(29-33-51)50-30-34-52(35-31-50)77(74-63-38-47(5)56(67(13,14)15)42-59(63)70(22,23)24)75-64-39-48(6)57(68(16,17)18)43-60(64)71(25,26)27/h28-44H,1-27H3. The normalized spacial score (nSPS) is 13.6. The third-order valence-corrected chi connectivity index (χ3v) is 17.7. The van der Waals surface area contributed by atoms with E-state index in [-0.39, 0.29) is 43.8 Å². The Labute approximate surface area is 471 Å². The van der Waals surface area contributed by atoms with Gasteiger partial charge in [-0.05, 0) is 181 Å². The van der Waals surface area contributed by atoms with E-state index in [2.05, 4.69) is 284 Å². The van der Waals surface area contributed by atoms with Gasteiger partial charge in [-0.2, -0.15) is 0 Å². The van der Waals surface area contributed by atoms with Crippen molar-refractivity contribution in [3.63, 3.8) is 0 Å². The summed E-state index contributed by atoms with van der Waals surface area (Å²) in [5.41, 5.74) is 16.5. The molecular formula is C71H98O4P2. The van der Waals surface area contributed by atoms with E-state index in [0.29, 0.717) is 0 Å². The zero-order valence-corrected chi connectivity index (χ0v) is 54.6. The minimum absolute atomic E-state index is 0.00198. The molecule has 416 valence electrons. The summed E-state index contributed by atoms with van der Waals surface area (Å²) in [6.07, 6.45) is 0. The third kappa shape index (κ3) is 14.6. The quantitative estimate of drug-likeness (QED) is 0.114. The Hall–Kier alpha value is -4.62. The van der Waals surface area contributed by atoms with Gasteiger partial charge in [0.15, 0.2) is 0 Å². The monoisotopic (exact) mass is 1080 g/mol. The van der Waals surface area contributed by atoms with Crippen molar-refractivity contribution < 1.29 is 18.1 Å². The minimum atomic E-state index is -1.65. The molecule has 0 N–H and O–H groups in total. The van der Waals surface area contributed by atoms with Gasteiger partial charge in [0.2, 0.25) is 0 Å². The maximum Gasteiger partial charge on any atom is 0.326 e. The molecule has 0 radical (unpaired) electrons. The average molecular weight is 1080 g/mol. The van der Waals surface area contributed by atoms with Crippen LogP contribution in [0.2, 0.25) is 0 Å². The highest BCUT2D eigenvalue weighted by atomic mass is 31.2. The van der Waals surface area contributed by atoms with Crippen LogP contribution in [0.3, 0.4) is 0 Å². The summed E-state index contributed by atoms with van der Waals surface area (Å²) in [4.78, 5) is 0. The van der Waals surface area contributed by atoms with Crippen LogP contribution in [0, 0.1) is 27.7 Å². The fraction of sp³-hybridized carbons (Fsp3) is 0.493. The van der Waals surface area contributed by atoms with Gasteiger partial charge in [0.05, 0.1) is 10.6 Å². The van der Waals surface area contributed by atoms with E-state index in [1.807, 2.05) is 0 Å². The van der Waals surface area contributed by atoms with Gasteiger partial charge in [-0.1, -0.05) is 208 Å². The summed E-state index contributed by atoms with van der Waals surface area (Å²) in [5, 5.41) is 2.00. The van der Waals surface area contributed by atoms with Crippen LogP contribution < -0.4 is 28.7 Å². The van der Waals surface area contributed by atoms with Crippen LogP contribution in [-0.2, 0) is 37.9 Å². The van der Waals surface area contributed by atoms with E-state index in [9.17, 15) is 0 Å². The minimum Gasteiger partial charge on any atom is -0.435 e. The second-order valence-corrected chi connectivity index (χ2v) is 32.4. The first-order chi connectivity index (χ1) is 35.0. The molecule has 4 nitrogen and oxygen atoms in total. The number of hydrogen-bond donors (Lipinski definition) is 0. The number of rotatable bonds is 12. The van der Waals surface area contributed by atoms with Crippen molar-refractivity contribution in [2.45, 2.75) is 231 Å². The molecule has 6 aromatic rings. The van der Waals surface area contributed by atoms with Crippen LogP contribution in [0.1, 0.15) is 232 Å². The van der Waals surface area contributed by atoms with Crippen LogP contribution in [0.4, 0.5) is 0 Å². The first-order valence-corrected chi connectivity index (χ1v) is 30.6. The second-order valence-electron chi connectivity index (χ2n) is 29.6. The van der Waals surface area contributed by atoms with Crippen molar-refractivity contribution in [2.24, 2.45) is 0 Å². The molecule has 0 saturated carbocycles. The maximum atomic E-state index is 7.33. The number of benzene rings is 6.